The van der Waals surface area contributed by atoms with E-state index < -0.39 is 21.9 Å². The van der Waals surface area contributed by atoms with Crippen LogP contribution in [-0.4, -0.2) is 20.3 Å². The van der Waals surface area contributed by atoms with Crippen molar-refractivity contribution in [3.8, 4) is 5.75 Å². The summed E-state index contributed by atoms with van der Waals surface area (Å²) in [6.45, 7) is 0. The maximum absolute atomic E-state index is 13.1. The van der Waals surface area contributed by atoms with E-state index in [1.807, 2.05) is 0 Å². The first-order valence-corrected chi connectivity index (χ1v) is 10.7. The van der Waals surface area contributed by atoms with E-state index in [1.54, 1.807) is 12.1 Å². The van der Waals surface area contributed by atoms with Gasteiger partial charge in [-0.05, 0) is 72.3 Å². The van der Waals surface area contributed by atoms with Gasteiger partial charge in [0.05, 0.1) is 0 Å². The maximum atomic E-state index is 13.1. The van der Waals surface area contributed by atoms with E-state index in [-0.39, 0.29) is 22.2 Å². The number of nitrogens with zero attached hydrogens (tertiary/aromatic N) is 1. The van der Waals surface area contributed by atoms with E-state index in [2.05, 4.69) is 4.99 Å². The Hall–Kier alpha value is -3.49. The molecule has 0 saturated heterocycles. The summed E-state index contributed by atoms with van der Waals surface area (Å²) in [4.78, 5) is 16.2. The Morgan fingerprint density at radius 3 is 2.23 bits per heavy atom. The van der Waals surface area contributed by atoms with E-state index in [4.69, 9.17) is 20.5 Å². The molecule has 1 aliphatic heterocycles. The van der Waals surface area contributed by atoms with Gasteiger partial charge in [0.15, 0.2) is 5.70 Å². The van der Waals surface area contributed by atoms with Gasteiger partial charge in [-0.1, -0.05) is 23.7 Å². The summed E-state index contributed by atoms with van der Waals surface area (Å²) in [5, 5.41) is 0.409. The minimum absolute atomic E-state index is 0.0283. The molecule has 3 aromatic carbocycles. The molecule has 0 radical (unpaired) electrons. The predicted molar refractivity (Wildman–Crippen MR) is 113 cm³/mol. The number of hydrogen-bond donors (Lipinski definition) is 0. The van der Waals surface area contributed by atoms with Crippen molar-refractivity contribution in [2.75, 3.05) is 0 Å². The standard InChI is InChI=1S/C22H13ClFNO5S/c23-16-5-11-19(12-6-16)31(27,28)30-18-9-1-14(2-10-18)13-20-22(26)29-21(25-20)15-3-7-17(24)8-4-15/h1-13H/b20-13+. The zero-order chi connectivity index (χ0) is 22.0. The first kappa shape index (κ1) is 20.8. The van der Waals surface area contributed by atoms with Crippen molar-refractivity contribution in [2.45, 2.75) is 4.90 Å². The van der Waals surface area contributed by atoms with Crippen LogP contribution in [0.3, 0.4) is 0 Å². The maximum Gasteiger partial charge on any atom is 0.363 e. The van der Waals surface area contributed by atoms with Crippen LogP contribution in [0.25, 0.3) is 6.08 Å². The molecule has 0 bridgehead atoms. The van der Waals surface area contributed by atoms with Crippen LogP contribution in [0, 0.1) is 5.82 Å². The molecule has 6 nitrogen and oxygen atoms in total. The summed E-state index contributed by atoms with van der Waals surface area (Å²) >= 11 is 5.77. The van der Waals surface area contributed by atoms with E-state index in [9.17, 15) is 17.6 Å². The largest absolute Gasteiger partial charge is 0.402 e. The molecule has 4 rings (SSSR count). The first-order chi connectivity index (χ1) is 14.8. The lowest BCUT2D eigenvalue weighted by Gasteiger charge is -2.07. The molecule has 0 unspecified atom stereocenters. The summed E-state index contributed by atoms with van der Waals surface area (Å²) in [5.41, 5.74) is 1.10. The molecule has 0 atom stereocenters. The van der Waals surface area contributed by atoms with Crippen molar-refractivity contribution in [3.05, 3.63) is 100 Å². The summed E-state index contributed by atoms with van der Waals surface area (Å²) in [6.07, 6.45) is 1.48. The average molecular weight is 458 g/mol. The van der Waals surface area contributed by atoms with E-state index in [0.717, 1.165) is 0 Å². The molecule has 0 spiro atoms. The second kappa shape index (κ2) is 8.33. The van der Waals surface area contributed by atoms with Gasteiger partial charge in [0.25, 0.3) is 0 Å². The molecule has 0 saturated carbocycles. The Kier molecular flexibility index (Phi) is 5.58. The smallest absolute Gasteiger partial charge is 0.363 e. The lowest BCUT2D eigenvalue weighted by Crippen LogP contribution is -2.09. The van der Waals surface area contributed by atoms with Crippen molar-refractivity contribution in [2.24, 2.45) is 4.99 Å². The molecule has 0 amide bonds. The fourth-order valence-corrected chi connectivity index (χ4v) is 3.73. The Morgan fingerprint density at radius 2 is 1.58 bits per heavy atom. The van der Waals surface area contributed by atoms with Gasteiger partial charge >= 0.3 is 16.1 Å². The lowest BCUT2D eigenvalue weighted by atomic mass is 10.2. The quantitative estimate of drug-likeness (QED) is 0.318. The molecule has 9 heteroatoms. The van der Waals surface area contributed by atoms with E-state index in [1.165, 1.54) is 66.7 Å². The Labute approximate surface area is 182 Å². The van der Waals surface area contributed by atoms with Crippen molar-refractivity contribution in [1.82, 2.24) is 0 Å². The van der Waals surface area contributed by atoms with Gasteiger partial charge in [-0.3, -0.25) is 0 Å². The number of ether oxygens (including phenoxy) is 1. The number of carbonyl (C=O) groups excluding carboxylic acids is 1. The molecule has 1 heterocycles. The monoisotopic (exact) mass is 457 g/mol. The van der Waals surface area contributed by atoms with Crippen LogP contribution < -0.4 is 4.18 Å². The SMILES string of the molecule is O=C1OC(c2ccc(F)cc2)=N/C1=C/c1ccc(OS(=O)(=O)c2ccc(Cl)cc2)cc1. The van der Waals surface area contributed by atoms with Crippen LogP contribution in [0.2, 0.25) is 5.02 Å². The van der Waals surface area contributed by atoms with Crippen LogP contribution in [0.4, 0.5) is 4.39 Å². The Bertz CT molecular complexity index is 1300. The third-order valence-electron chi connectivity index (χ3n) is 4.20. The zero-order valence-electron chi connectivity index (χ0n) is 15.7. The lowest BCUT2D eigenvalue weighted by molar-refractivity contribution is -0.129. The summed E-state index contributed by atoms with van der Waals surface area (Å²) in [7, 11) is -4.01. The highest BCUT2D eigenvalue weighted by Crippen LogP contribution is 2.23. The minimum Gasteiger partial charge on any atom is -0.402 e. The molecule has 3 aromatic rings. The fourth-order valence-electron chi connectivity index (χ4n) is 2.68. The molecular formula is C22H13ClFNO5S. The van der Waals surface area contributed by atoms with Crippen molar-refractivity contribution in [1.29, 1.82) is 0 Å². The fraction of sp³-hybridized carbons (Fsp3) is 0. The third kappa shape index (κ3) is 4.82. The summed E-state index contributed by atoms with van der Waals surface area (Å²) in [5.74, 6) is -0.887. The summed E-state index contributed by atoms with van der Waals surface area (Å²) < 4.78 is 48.0. The van der Waals surface area contributed by atoms with Crippen molar-refractivity contribution < 1.29 is 26.5 Å². The topological polar surface area (TPSA) is 82.0 Å². The second-order valence-corrected chi connectivity index (χ2v) is 8.39. The number of halogens is 2. The van der Waals surface area contributed by atoms with E-state index >= 15 is 0 Å². The highest BCUT2D eigenvalue weighted by Gasteiger charge is 2.24. The highest BCUT2D eigenvalue weighted by molar-refractivity contribution is 7.87. The van der Waals surface area contributed by atoms with Crippen molar-refractivity contribution in [3.63, 3.8) is 0 Å². The molecule has 1 aliphatic rings. The summed E-state index contributed by atoms with van der Waals surface area (Å²) in [6, 6.07) is 17.0. The average Bonchev–Trinajstić information content (AvgIpc) is 3.10. The van der Waals surface area contributed by atoms with Gasteiger partial charge in [-0.25, -0.2) is 14.2 Å². The van der Waals surface area contributed by atoms with Crippen LogP contribution in [-0.2, 0) is 19.6 Å². The zero-order valence-corrected chi connectivity index (χ0v) is 17.2. The molecule has 156 valence electrons. The third-order valence-corrected chi connectivity index (χ3v) is 5.72. The number of cyclic esters (lactones) is 1. The number of esters is 1. The van der Waals surface area contributed by atoms with Crippen LogP contribution in [0.1, 0.15) is 11.1 Å². The second-order valence-electron chi connectivity index (χ2n) is 6.40. The van der Waals surface area contributed by atoms with Gasteiger partial charge in [-0.2, -0.15) is 8.42 Å². The first-order valence-electron chi connectivity index (χ1n) is 8.89. The van der Waals surface area contributed by atoms with Gasteiger partial charge < -0.3 is 8.92 Å². The number of benzene rings is 3. The number of carbonyl (C=O) groups is 1. The van der Waals surface area contributed by atoms with Gasteiger partial charge in [0, 0.05) is 10.6 Å². The molecule has 0 aliphatic carbocycles. The predicted octanol–water partition coefficient (Wildman–Crippen LogP) is 4.59. The minimum atomic E-state index is -4.01. The van der Waals surface area contributed by atoms with Crippen LogP contribution in [0.5, 0.6) is 5.75 Å². The van der Waals surface area contributed by atoms with Gasteiger partial charge in [0.2, 0.25) is 5.90 Å². The normalized spacial score (nSPS) is 15.0. The van der Waals surface area contributed by atoms with E-state index in [0.29, 0.717) is 16.1 Å². The number of hydrogen-bond acceptors (Lipinski definition) is 6. The van der Waals surface area contributed by atoms with Crippen LogP contribution in [0.15, 0.2) is 88.4 Å². The molecule has 31 heavy (non-hydrogen) atoms. The molecular weight excluding hydrogens is 445 g/mol. The molecule has 0 fully saturated rings. The highest BCUT2D eigenvalue weighted by atomic mass is 35.5. The number of aliphatic imine (C=N–C) groups is 1. The number of rotatable bonds is 5. The van der Waals surface area contributed by atoms with Crippen molar-refractivity contribution >= 4 is 39.7 Å². The molecule has 0 aromatic heterocycles. The Balaban J connectivity index is 1.51. The molecule has 0 N–H and O–H groups in total. The van der Waals surface area contributed by atoms with Gasteiger partial charge in [0.1, 0.15) is 16.5 Å². The van der Waals surface area contributed by atoms with Gasteiger partial charge in [-0.15, -0.1) is 0 Å². The van der Waals surface area contributed by atoms with Crippen LogP contribution >= 0.6 is 11.6 Å². The Morgan fingerprint density at radius 1 is 0.935 bits per heavy atom.